The highest BCUT2D eigenvalue weighted by atomic mass is 16.5. The first-order valence-electron chi connectivity index (χ1n) is 5.14. The summed E-state index contributed by atoms with van der Waals surface area (Å²) in [6, 6.07) is 3.49. The lowest BCUT2D eigenvalue weighted by atomic mass is 10.2. The summed E-state index contributed by atoms with van der Waals surface area (Å²) in [6.45, 7) is 2.48. The minimum absolute atomic E-state index is 0.0828. The van der Waals surface area contributed by atoms with Gasteiger partial charge in [-0.25, -0.2) is 4.98 Å². The van der Waals surface area contributed by atoms with Crippen molar-refractivity contribution in [3.8, 4) is 11.9 Å². The van der Waals surface area contributed by atoms with Crippen LogP contribution in [0.3, 0.4) is 0 Å². The van der Waals surface area contributed by atoms with Crippen molar-refractivity contribution < 1.29 is 4.74 Å². The average Bonchev–Trinajstić information content (AvgIpc) is 2.29. The third-order valence-corrected chi connectivity index (χ3v) is 2.37. The number of nitrogen functional groups attached to an aromatic ring is 1. The molecule has 0 bridgehead atoms. The Bertz CT molecular complexity index is 374. The predicted octanol–water partition coefficient (Wildman–Crippen LogP) is 1.23. The highest BCUT2D eigenvalue weighted by molar-refractivity contribution is 5.35. The molecule has 0 aliphatic carbocycles. The molecule has 0 aromatic carbocycles. The molecule has 5 heteroatoms. The summed E-state index contributed by atoms with van der Waals surface area (Å²) in [5, 5.41) is 8.77. The topological polar surface area (TPSA) is 75.2 Å². The second kappa shape index (κ2) is 5.81. The highest BCUT2D eigenvalue weighted by Crippen LogP contribution is 2.13. The number of rotatable bonds is 5. The number of aromatic nitrogens is 1. The van der Waals surface area contributed by atoms with E-state index in [1.165, 1.54) is 0 Å². The van der Waals surface area contributed by atoms with Gasteiger partial charge in [0.25, 0.3) is 0 Å². The maximum Gasteiger partial charge on any atom is 0.179 e. The fourth-order valence-corrected chi connectivity index (χ4v) is 1.30. The molecule has 86 valence electrons. The number of likely N-dealkylation sites (N-methyl/N-ethyl adjacent to an activating group) is 1. The quantitative estimate of drug-likeness (QED) is 0.596. The van der Waals surface area contributed by atoms with Gasteiger partial charge in [0.2, 0.25) is 0 Å². The molecule has 0 amide bonds. The van der Waals surface area contributed by atoms with Crippen molar-refractivity contribution >= 4 is 5.82 Å². The summed E-state index contributed by atoms with van der Waals surface area (Å²) in [5.74, 6) is 1.11. The van der Waals surface area contributed by atoms with Crippen LogP contribution < -0.4 is 10.5 Å². The first-order valence-corrected chi connectivity index (χ1v) is 5.14. The van der Waals surface area contributed by atoms with Crippen molar-refractivity contribution in [2.45, 2.75) is 19.4 Å². The van der Waals surface area contributed by atoms with E-state index in [1.54, 1.807) is 30.3 Å². The van der Waals surface area contributed by atoms with Gasteiger partial charge in [0.05, 0.1) is 6.04 Å². The number of nitrogens with zero attached hydrogens (tertiary/aromatic N) is 3. The predicted molar refractivity (Wildman–Crippen MR) is 61.6 cm³/mol. The Hall–Kier alpha value is -1.96. The summed E-state index contributed by atoms with van der Waals surface area (Å²) in [5.41, 5.74) is 5.53. The first kappa shape index (κ1) is 12.1. The molecule has 1 unspecified atom stereocenters. The Balaban J connectivity index is 2.53. The summed E-state index contributed by atoms with van der Waals surface area (Å²) >= 11 is 0. The van der Waals surface area contributed by atoms with E-state index in [0.717, 1.165) is 6.42 Å². The van der Waals surface area contributed by atoms with E-state index in [9.17, 15) is 0 Å². The fraction of sp³-hybridized carbons (Fsp3) is 0.455. The van der Waals surface area contributed by atoms with Crippen LogP contribution in [0.5, 0.6) is 5.75 Å². The summed E-state index contributed by atoms with van der Waals surface area (Å²) in [7, 11) is 1.75. The molecule has 0 spiro atoms. The molecule has 1 rings (SSSR count). The second-order valence-electron chi connectivity index (χ2n) is 3.50. The maximum absolute atomic E-state index is 8.77. The fourth-order valence-electron chi connectivity index (χ4n) is 1.30. The number of hydrogen-bond acceptors (Lipinski definition) is 5. The van der Waals surface area contributed by atoms with E-state index in [0.29, 0.717) is 18.2 Å². The lowest BCUT2D eigenvalue weighted by Crippen LogP contribution is -2.32. The Labute approximate surface area is 95.4 Å². The van der Waals surface area contributed by atoms with Crippen LogP contribution in [0.4, 0.5) is 5.82 Å². The molecule has 2 N–H and O–H groups in total. The van der Waals surface area contributed by atoms with Crippen LogP contribution in [0.15, 0.2) is 18.3 Å². The molecule has 0 saturated carbocycles. The standard InChI is InChI=1S/C11H16N4O/c1-3-9(15(2)8-12)7-16-10-4-5-14-11(13)6-10/h4-6,9H,3,7H2,1-2H3,(H2,13,14). The number of hydrogen-bond donors (Lipinski definition) is 1. The number of nitrogens with two attached hydrogens (primary N) is 1. The Morgan fingerprint density at radius 2 is 2.44 bits per heavy atom. The zero-order valence-corrected chi connectivity index (χ0v) is 9.55. The Kier molecular flexibility index (Phi) is 4.40. The highest BCUT2D eigenvalue weighted by Gasteiger charge is 2.11. The van der Waals surface area contributed by atoms with Crippen LogP contribution in [-0.4, -0.2) is 29.6 Å². The molecule has 1 aromatic heterocycles. The number of pyridine rings is 1. The third kappa shape index (κ3) is 3.31. The van der Waals surface area contributed by atoms with Crippen molar-refractivity contribution in [2.24, 2.45) is 0 Å². The van der Waals surface area contributed by atoms with E-state index >= 15 is 0 Å². The van der Waals surface area contributed by atoms with Gasteiger partial charge in [0, 0.05) is 19.3 Å². The minimum atomic E-state index is 0.0828. The molecular weight excluding hydrogens is 204 g/mol. The number of anilines is 1. The van der Waals surface area contributed by atoms with Gasteiger partial charge in [-0.3, -0.25) is 0 Å². The summed E-state index contributed by atoms with van der Waals surface area (Å²) in [4.78, 5) is 5.46. The van der Waals surface area contributed by atoms with E-state index < -0.39 is 0 Å². The van der Waals surface area contributed by atoms with E-state index in [1.807, 2.05) is 6.92 Å². The number of ether oxygens (including phenoxy) is 1. The molecule has 0 radical (unpaired) electrons. The largest absolute Gasteiger partial charge is 0.491 e. The monoisotopic (exact) mass is 220 g/mol. The molecule has 16 heavy (non-hydrogen) atoms. The molecule has 1 atom stereocenters. The van der Waals surface area contributed by atoms with Crippen LogP contribution >= 0.6 is 0 Å². The second-order valence-corrected chi connectivity index (χ2v) is 3.50. The van der Waals surface area contributed by atoms with Crippen LogP contribution in [0.2, 0.25) is 0 Å². The van der Waals surface area contributed by atoms with Crippen molar-refractivity contribution in [3.63, 3.8) is 0 Å². The number of nitriles is 1. The summed E-state index contributed by atoms with van der Waals surface area (Å²) in [6.07, 6.45) is 4.53. The zero-order chi connectivity index (χ0) is 12.0. The van der Waals surface area contributed by atoms with Crippen molar-refractivity contribution in [2.75, 3.05) is 19.4 Å². The van der Waals surface area contributed by atoms with Crippen molar-refractivity contribution in [3.05, 3.63) is 18.3 Å². The minimum Gasteiger partial charge on any atom is -0.491 e. The van der Waals surface area contributed by atoms with Gasteiger partial charge >= 0.3 is 0 Å². The van der Waals surface area contributed by atoms with Gasteiger partial charge < -0.3 is 15.4 Å². The van der Waals surface area contributed by atoms with Gasteiger partial charge in [-0.1, -0.05) is 6.92 Å². The van der Waals surface area contributed by atoms with Gasteiger partial charge in [-0.2, -0.15) is 5.26 Å². The summed E-state index contributed by atoms with van der Waals surface area (Å²) < 4.78 is 5.55. The SMILES string of the molecule is CCC(COc1ccnc(N)c1)N(C)C#N. The van der Waals surface area contributed by atoms with Crippen molar-refractivity contribution in [1.82, 2.24) is 9.88 Å². The molecule has 1 aromatic rings. The molecule has 0 saturated heterocycles. The zero-order valence-electron chi connectivity index (χ0n) is 9.55. The molecule has 1 heterocycles. The molecule has 0 aliphatic rings. The first-order chi connectivity index (χ1) is 7.67. The molecule has 5 nitrogen and oxygen atoms in total. The van der Waals surface area contributed by atoms with E-state index in [4.69, 9.17) is 15.7 Å². The van der Waals surface area contributed by atoms with Gasteiger partial charge in [0.15, 0.2) is 6.19 Å². The smallest absolute Gasteiger partial charge is 0.179 e. The van der Waals surface area contributed by atoms with E-state index in [-0.39, 0.29) is 6.04 Å². The van der Waals surface area contributed by atoms with Crippen LogP contribution in [0.25, 0.3) is 0 Å². The average molecular weight is 220 g/mol. The lowest BCUT2D eigenvalue weighted by Gasteiger charge is -2.21. The third-order valence-electron chi connectivity index (χ3n) is 2.37. The Morgan fingerprint density at radius 1 is 1.69 bits per heavy atom. The molecule has 0 fully saturated rings. The van der Waals surface area contributed by atoms with Gasteiger partial charge in [0.1, 0.15) is 18.2 Å². The molecular formula is C11H16N4O. The van der Waals surface area contributed by atoms with Gasteiger partial charge in [-0.05, 0) is 12.5 Å². The normalized spacial score (nSPS) is 11.6. The van der Waals surface area contributed by atoms with Crippen LogP contribution in [-0.2, 0) is 0 Å². The van der Waals surface area contributed by atoms with Crippen LogP contribution in [0.1, 0.15) is 13.3 Å². The van der Waals surface area contributed by atoms with E-state index in [2.05, 4.69) is 11.2 Å². The molecule has 0 aliphatic heterocycles. The maximum atomic E-state index is 8.77. The lowest BCUT2D eigenvalue weighted by molar-refractivity contribution is 0.202. The van der Waals surface area contributed by atoms with Crippen molar-refractivity contribution in [1.29, 1.82) is 5.26 Å². The Morgan fingerprint density at radius 3 is 3.00 bits per heavy atom. The van der Waals surface area contributed by atoms with Crippen LogP contribution in [0, 0.1) is 11.5 Å². The van der Waals surface area contributed by atoms with Gasteiger partial charge in [-0.15, -0.1) is 0 Å².